The van der Waals surface area contributed by atoms with Gasteiger partial charge in [-0.3, -0.25) is 9.59 Å². The van der Waals surface area contributed by atoms with Crippen LogP contribution < -0.4 is 11.1 Å². The van der Waals surface area contributed by atoms with E-state index >= 15 is 0 Å². The smallest absolute Gasteiger partial charge is 0.242 e. The van der Waals surface area contributed by atoms with E-state index in [1.807, 2.05) is 13.8 Å². The summed E-state index contributed by atoms with van der Waals surface area (Å²) in [5.41, 5.74) is 5.69. The van der Waals surface area contributed by atoms with Gasteiger partial charge in [-0.25, -0.2) is 0 Å². The van der Waals surface area contributed by atoms with Gasteiger partial charge in [-0.1, -0.05) is 13.8 Å². The summed E-state index contributed by atoms with van der Waals surface area (Å²) >= 11 is 0. The zero-order valence-corrected chi connectivity index (χ0v) is 11.3. The predicted molar refractivity (Wildman–Crippen MR) is 67.8 cm³/mol. The van der Waals surface area contributed by atoms with E-state index in [9.17, 15) is 9.59 Å². The van der Waals surface area contributed by atoms with Crippen LogP contribution in [0.2, 0.25) is 0 Å². The number of carbonyl (C=O) groups excluding carboxylic acids is 2. The van der Waals surface area contributed by atoms with Crippen LogP contribution in [-0.2, 0) is 14.3 Å². The van der Waals surface area contributed by atoms with Crippen LogP contribution in [0.25, 0.3) is 0 Å². The molecule has 0 spiro atoms. The summed E-state index contributed by atoms with van der Waals surface area (Å²) < 4.78 is 5.19. The SMILES string of the molecule is CO[C@@H]1CCN(C(=O)CNC(=O)[C@@H](N)C(C)C)C1. The van der Waals surface area contributed by atoms with Gasteiger partial charge in [0.25, 0.3) is 0 Å². The second-order valence-corrected chi connectivity index (χ2v) is 4.97. The lowest BCUT2D eigenvalue weighted by molar-refractivity contribution is -0.132. The first-order chi connectivity index (χ1) is 8.45. The number of hydrogen-bond acceptors (Lipinski definition) is 4. The van der Waals surface area contributed by atoms with Gasteiger partial charge in [-0.2, -0.15) is 0 Å². The number of rotatable bonds is 5. The largest absolute Gasteiger partial charge is 0.380 e. The fourth-order valence-corrected chi connectivity index (χ4v) is 1.84. The molecule has 0 unspecified atom stereocenters. The molecule has 2 amide bonds. The van der Waals surface area contributed by atoms with Crippen molar-refractivity contribution in [2.75, 3.05) is 26.7 Å². The van der Waals surface area contributed by atoms with Gasteiger partial charge in [0.2, 0.25) is 11.8 Å². The Labute approximate surface area is 108 Å². The van der Waals surface area contributed by atoms with E-state index in [0.717, 1.165) is 6.42 Å². The molecule has 6 heteroatoms. The fourth-order valence-electron chi connectivity index (χ4n) is 1.84. The molecule has 104 valence electrons. The molecule has 18 heavy (non-hydrogen) atoms. The summed E-state index contributed by atoms with van der Waals surface area (Å²) in [4.78, 5) is 25.1. The molecule has 0 saturated carbocycles. The van der Waals surface area contributed by atoms with Crippen molar-refractivity contribution in [1.29, 1.82) is 0 Å². The minimum absolute atomic E-state index is 0.00961. The molecule has 1 aliphatic rings. The van der Waals surface area contributed by atoms with Crippen LogP contribution in [-0.4, -0.2) is 55.6 Å². The number of nitrogens with one attached hydrogen (secondary N) is 1. The molecule has 1 fully saturated rings. The molecule has 0 aromatic heterocycles. The zero-order chi connectivity index (χ0) is 13.7. The Hall–Kier alpha value is -1.14. The third-order valence-electron chi connectivity index (χ3n) is 3.27. The quantitative estimate of drug-likeness (QED) is 0.684. The highest BCUT2D eigenvalue weighted by Crippen LogP contribution is 2.11. The Bertz CT molecular complexity index is 307. The summed E-state index contributed by atoms with van der Waals surface area (Å²) in [5, 5.41) is 2.58. The first kappa shape index (κ1) is 14.9. The molecule has 0 radical (unpaired) electrons. The average Bonchev–Trinajstić information content (AvgIpc) is 2.83. The van der Waals surface area contributed by atoms with E-state index in [4.69, 9.17) is 10.5 Å². The van der Waals surface area contributed by atoms with Crippen molar-refractivity contribution in [3.63, 3.8) is 0 Å². The van der Waals surface area contributed by atoms with Gasteiger partial charge in [0.1, 0.15) is 0 Å². The number of amides is 2. The predicted octanol–water partition coefficient (Wildman–Crippen LogP) is -0.667. The van der Waals surface area contributed by atoms with E-state index in [2.05, 4.69) is 5.32 Å². The van der Waals surface area contributed by atoms with Crippen molar-refractivity contribution in [1.82, 2.24) is 10.2 Å². The maximum atomic E-state index is 11.8. The van der Waals surface area contributed by atoms with E-state index in [0.29, 0.717) is 13.1 Å². The summed E-state index contributed by atoms with van der Waals surface area (Å²) in [6.07, 6.45) is 0.962. The van der Waals surface area contributed by atoms with Gasteiger partial charge in [0.05, 0.1) is 18.7 Å². The molecule has 3 N–H and O–H groups in total. The van der Waals surface area contributed by atoms with Crippen molar-refractivity contribution in [3.05, 3.63) is 0 Å². The summed E-state index contributed by atoms with van der Waals surface area (Å²) in [6.45, 7) is 5.03. The van der Waals surface area contributed by atoms with Crippen LogP contribution in [0.1, 0.15) is 20.3 Å². The first-order valence-corrected chi connectivity index (χ1v) is 6.29. The third kappa shape index (κ3) is 3.96. The number of likely N-dealkylation sites (tertiary alicyclic amines) is 1. The lowest BCUT2D eigenvalue weighted by Gasteiger charge is -2.18. The molecule has 6 nitrogen and oxygen atoms in total. The molecule has 0 aromatic carbocycles. The van der Waals surface area contributed by atoms with Gasteiger partial charge >= 0.3 is 0 Å². The molecule has 1 heterocycles. The Morgan fingerprint density at radius 3 is 2.67 bits per heavy atom. The minimum Gasteiger partial charge on any atom is -0.380 e. The van der Waals surface area contributed by atoms with Gasteiger partial charge in [-0.15, -0.1) is 0 Å². The van der Waals surface area contributed by atoms with Crippen molar-refractivity contribution in [2.45, 2.75) is 32.4 Å². The molecule has 1 aliphatic heterocycles. The van der Waals surface area contributed by atoms with Crippen LogP contribution in [0.4, 0.5) is 0 Å². The van der Waals surface area contributed by atoms with E-state index in [1.165, 1.54) is 0 Å². The molecule has 0 aromatic rings. The molecule has 0 bridgehead atoms. The lowest BCUT2D eigenvalue weighted by atomic mass is 10.1. The van der Waals surface area contributed by atoms with Crippen LogP contribution in [0.3, 0.4) is 0 Å². The molecule has 1 saturated heterocycles. The molecule has 0 aliphatic carbocycles. The highest BCUT2D eigenvalue weighted by Gasteiger charge is 2.26. The summed E-state index contributed by atoms with van der Waals surface area (Å²) in [6, 6.07) is -0.567. The van der Waals surface area contributed by atoms with Crippen molar-refractivity contribution in [2.24, 2.45) is 11.7 Å². The second kappa shape index (κ2) is 6.70. The number of methoxy groups -OCH3 is 1. The molecular formula is C12H23N3O3. The number of nitrogens with two attached hydrogens (primary N) is 1. The molecule has 2 atom stereocenters. The topological polar surface area (TPSA) is 84.7 Å². The zero-order valence-electron chi connectivity index (χ0n) is 11.3. The average molecular weight is 257 g/mol. The van der Waals surface area contributed by atoms with Crippen molar-refractivity contribution in [3.8, 4) is 0 Å². The number of nitrogens with zero attached hydrogens (tertiary/aromatic N) is 1. The first-order valence-electron chi connectivity index (χ1n) is 6.29. The highest BCUT2D eigenvalue weighted by atomic mass is 16.5. The molecule has 1 rings (SSSR count). The van der Waals surface area contributed by atoms with Gasteiger partial charge in [0.15, 0.2) is 0 Å². The van der Waals surface area contributed by atoms with Gasteiger partial charge in [0, 0.05) is 20.2 Å². The number of carbonyl (C=O) groups is 2. The van der Waals surface area contributed by atoms with Gasteiger partial charge < -0.3 is 20.7 Å². The van der Waals surface area contributed by atoms with Crippen LogP contribution in [0.5, 0.6) is 0 Å². The van der Waals surface area contributed by atoms with Crippen LogP contribution in [0, 0.1) is 5.92 Å². The monoisotopic (exact) mass is 257 g/mol. The van der Waals surface area contributed by atoms with E-state index < -0.39 is 6.04 Å². The standard InChI is InChI=1S/C12H23N3O3/c1-8(2)11(13)12(17)14-6-10(16)15-5-4-9(7-15)18-3/h8-9,11H,4-7,13H2,1-3H3,(H,14,17)/t9-,11+/m1/s1. The normalized spacial score (nSPS) is 21.2. The van der Waals surface area contributed by atoms with Gasteiger partial charge in [-0.05, 0) is 12.3 Å². The summed E-state index contributed by atoms with van der Waals surface area (Å²) in [7, 11) is 1.64. The van der Waals surface area contributed by atoms with Crippen molar-refractivity contribution >= 4 is 11.8 Å². The third-order valence-corrected chi connectivity index (χ3v) is 3.27. The highest BCUT2D eigenvalue weighted by molar-refractivity contribution is 5.87. The number of ether oxygens (including phenoxy) is 1. The lowest BCUT2D eigenvalue weighted by Crippen LogP contribution is -2.47. The maximum absolute atomic E-state index is 11.8. The second-order valence-electron chi connectivity index (χ2n) is 4.97. The Morgan fingerprint density at radius 2 is 2.17 bits per heavy atom. The maximum Gasteiger partial charge on any atom is 0.242 e. The Morgan fingerprint density at radius 1 is 1.50 bits per heavy atom. The van der Waals surface area contributed by atoms with Crippen molar-refractivity contribution < 1.29 is 14.3 Å². The van der Waals surface area contributed by atoms with Crippen LogP contribution in [0.15, 0.2) is 0 Å². The van der Waals surface area contributed by atoms with E-state index in [1.54, 1.807) is 12.0 Å². The number of hydrogen-bond donors (Lipinski definition) is 2. The summed E-state index contributed by atoms with van der Waals surface area (Å²) in [5.74, 6) is -0.301. The fraction of sp³-hybridized carbons (Fsp3) is 0.833. The Balaban J connectivity index is 2.31. The minimum atomic E-state index is -0.567. The molecular weight excluding hydrogens is 234 g/mol. The van der Waals surface area contributed by atoms with Crippen LogP contribution >= 0.6 is 0 Å². The Kier molecular flexibility index (Phi) is 5.55. The van der Waals surface area contributed by atoms with E-state index in [-0.39, 0.29) is 30.4 Å².